The lowest BCUT2D eigenvalue weighted by Gasteiger charge is -2.18. The second kappa shape index (κ2) is 3.17. The molecule has 0 unspecified atom stereocenters. The summed E-state index contributed by atoms with van der Waals surface area (Å²) in [5, 5.41) is 3.13. The summed E-state index contributed by atoms with van der Waals surface area (Å²) < 4.78 is 4.78. The molecular weight excluding hydrogens is 154 g/mol. The van der Waals surface area contributed by atoms with Crippen LogP contribution < -0.4 is 5.32 Å². The van der Waals surface area contributed by atoms with Crippen molar-refractivity contribution in [2.24, 2.45) is 0 Å². The molecule has 0 aromatic rings. The molecule has 1 fully saturated rings. The highest BCUT2D eigenvalue weighted by Gasteiger charge is 2.19. The van der Waals surface area contributed by atoms with Crippen LogP contribution in [0.3, 0.4) is 0 Å². The third-order valence-electron chi connectivity index (χ3n) is 1.55. The first-order chi connectivity index (χ1) is 5.49. The Hall–Kier alpha value is -0.990. The van der Waals surface area contributed by atoms with Crippen molar-refractivity contribution in [3.8, 4) is 0 Å². The van der Waals surface area contributed by atoms with E-state index in [0.717, 1.165) is 12.0 Å². The van der Waals surface area contributed by atoms with E-state index < -0.39 is 0 Å². The number of esters is 1. The van der Waals surface area contributed by atoms with Gasteiger partial charge in [0.15, 0.2) is 0 Å². The van der Waals surface area contributed by atoms with Crippen molar-refractivity contribution in [3.63, 3.8) is 0 Å². The first-order valence-corrected chi connectivity index (χ1v) is 4.13. The van der Waals surface area contributed by atoms with Gasteiger partial charge >= 0.3 is 5.97 Å². The second-order valence-electron chi connectivity index (χ2n) is 3.95. The highest BCUT2D eigenvalue weighted by molar-refractivity contribution is 5.90. The molecule has 0 aromatic heterocycles. The van der Waals surface area contributed by atoms with E-state index in [1.807, 2.05) is 20.8 Å². The molecule has 68 valence electrons. The SMILES string of the molecule is CC(C)(C)N/C=C1/CCOC1=O. The first kappa shape index (κ1) is 9.10. The molecule has 3 nitrogen and oxygen atoms in total. The minimum atomic E-state index is -0.188. The molecule has 12 heavy (non-hydrogen) atoms. The lowest BCUT2D eigenvalue weighted by Crippen LogP contribution is -2.31. The van der Waals surface area contributed by atoms with Crippen LogP contribution in [0.5, 0.6) is 0 Å². The Labute approximate surface area is 72.8 Å². The smallest absolute Gasteiger partial charge is 0.335 e. The largest absolute Gasteiger partial charge is 0.462 e. The van der Waals surface area contributed by atoms with Crippen molar-refractivity contribution in [3.05, 3.63) is 11.8 Å². The highest BCUT2D eigenvalue weighted by atomic mass is 16.5. The fourth-order valence-corrected chi connectivity index (χ4v) is 0.883. The quantitative estimate of drug-likeness (QED) is 0.473. The maximum atomic E-state index is 11.0. The van der Waals surface area contributed by atoms with Gasteiger partial charge in [0.2, 0.25) is 0 Å². The Kier molecular flexibility index (Phi) is 2.40. The minimum absolute atomic E-state index is 0.00979. The number of rotatable bonds is 1. The summed E-state index contributed by atoms with van der Waals surface area (Å²) in [5.74, 6) is -0.188. The average Bonchev–Trinajstić information content (AvgIpc) is 2.29. The lowest BCUT2D eigenvalue weighted by molar-refractivity contribution is -0.135. The van der Waals surface area contributed by atoms with E-state index in [1.54, 1.807) is 6.20 Å². The number of hydrogen-bond acceptors (Lipinski definition) is 3. The van der Waals surface area contributed by atoms with Gasteiger partial charge in [-0.2, -0.15) is 0 Å². The number of carbonyl (C=O) groups is 1. The minimum Gasteiger partial charge on any atom is -0.462 e. The van der Waals surface area contributed by atoms with Gasteiger partial charge in [0.25, 0.3) is 0 Å². The summed E-state index contributed by atoms with van der Waals surface area (Å²) in [6.07, 6.45) is 2.48. The Morgan fingerprint density at radius 1 is 1.50 bits per heavy atom. The first-order valence-electron chi connectivity index (χ1n) is 4.13. The van der Waals surface area contributed by atoms with E-state index in [-0.39, 0.29) is 11.5 Å². The zero-order valence-electron chi connectivity index (χ0n) is 7.81. The fraction of sp³-hybridized carbons (Fsp3) is 0.667. The van der Waals surface area contributed by atoms with Crippen LogP contribution in [0.4, 0.5) is 0 Å². The van der Waals surface area contributed by atoms with Crippen molar-refractivity contribution in [2.75, 3.05) is 6.61 Å². The van der Waals surface area contributed by atoms with Crippen LogP contribution in [0.2, 0.25) is 0 Å². The molecule has 0 amide bonds. The van der Waals surface area contributed by atoms with E-state index in [1.165, 1.54) is 0 Å². The van der Waals surface area contributed by atoms with E-state index in [2.05, 4.69) is 5.32 Å². The molecule has 0 aliphatic carbocycles. The summed E-state index contributed by atoms with van der Waals surface area (Å²) in [4.78, 5) is 11.0. The molecule has 1 saturated heterocycles. The predicted octanol–water partition coefficient (Wildman–Crippen LogP) is 1.21. The summed E-state index contributed by atoms with van der Waals surface area (Å²) in [5.41, 5.74) is 0.750. The van der Waals surface area contributed by atoms with Gasteiger partial charge in [-0.15, -0.1) is 0 Å². The van der Waals surface area contributed by atoms with Gasteiger partial charge in [0.05, 0.1) is 12.2 Å². The number of hydrogen-bond donors (Lipinski definition) is 1. The molecule has 1 rings (SSSR count). The van der Waals surface area contributed by atoms with Crippen LogP contribution in [-0.4, -0.2) is 18.1 Å². The number of cyclic esters (lactones) is 1. The molecule has 1 N–H and O–H groups in total. The van der Waals surface area contributed by atoms with Gasteiger partial charge in [-0.3, -0.25) is 0 Å². The average molecular weight is 169 g/mol. The van der Waals surface area contributed by atoms with Gasteiger partial charge in [-0.1, -0.05) is 0 Å². The molecule has 0 radical (unpaired) electrons. The monoisotopic (exact) mass is 169 g/mol. The Morgan fingerprint density at radius 2 is 2.17 bits per heavy atom. The van der Waals surface area contributed by atoms with Crippen molar-refractivity contribution < 1.29 is 9.53 Å². The number of carbonyl (C=O) groups excluding carboxylic acids is 1. The van der Waals surface area contributed by atoms with Gasteiger partial charge < -0.3 is 10.1 Å². The van der Waals surface area contributed by atoms with E-state index in [4.69, 9.17) is 4.74 Å². The van der Waals surface area contributed by atoms with Crippen LogP contribution >= 0.6 is 0 Å². The molecule has 0 bridgehead atoms. The molecule has 1 aliphatic heterocycles. The summed E-state index contributed by atoms with van der Waals surface area (Å²) >= 11 is 0. The predicted molar refractivity (Wildman–Crippen MR) is 46.5 cm³/mol. The third kappa shape index (κ3) is 2.57. The highest BCUT2D eigenvalue weighted by Crippen LogP contribution is 2.12. The standard InChI is InChI=1S/C9H15NO2/c1-9(2,3)10-6-7-4-5-12-8(7)11/h6,10H,4-5H2,1-3H3/b7-6-. The maximum absolute atomic E-state index is 11.0. The maximum Gasteiger partial charge on any atom is 0.335 e. The zero-order chi connectivity index (χ0) is 9.19. The molecule has 0 atom stereocenters. The molecule has 0 spiro atoms. The molecular formula is C9H15NO2. The van der Waals surface area contributed by atoms with E-state index >= 15 is 0 Å². The fourth-order valence-electron chi connectivity index (χ4n) is 0.883. The topological polar surface area (TPSA) is 38.3 Å². The van der Waals surface area contributed by atoms with Crippen molar-refractivity contribution in [2.45, 2.75) is 32.7 Å². The molecule has 3 heteroatoms. The van der Waals surface area contributed by atoms with Crippen molar-refractivity contribution in [1.29, 1.82) is 0 Å². The Bertz CT molecular complexity index is 213. The summed E-state index contributed by atoms with van der Waals surface area (Å²) in [6, 6.07) is 0. The van der Waals surface area contributed by atoms with Crippen LogP contribution in [0.25, 0.3) is 0 Å². The van der Waals surface area contributed by atoms with Gasteiger partial charge in [-0.05, 0) is 20.8 Å². The van der Waals surface area contributed by atoms with Crippen molar-refractivity contribution in [1.82, 2.24) is 5.32 Å². The van der Waals surface area contributed by atoms with Gasteiger partial charge in [0.1, 0.15) is 0 Å². The Balaban J connectivity index is 2.52. The molecule has 1 heterocycles. The Morgan fingerprint density at radius 3 is 2.58 bits per heavy atom. The van der Waals surface area contributed by atoms with Crippen LogP contribution in [0, 0.1) is 0 Å². The molecule has 0 saturated carbocycles. The third-order valence-corrected chi connectivity index (χ3v) is 1.55. The van der Waals surface area contributed by atoms with E-state index in [9.17, 15) is 4.79 Å². The van der Waals surface area contributed by atoms with Crippen molar-refractivity contribution >= 4 is 5.97 Å². The summed E-state index contributed by atoms with van der Waals surface area (Å²) in [7, 11) is 0. The normalized spacial score (nSPS) is 21.2. The number of nitrogens with one attached hydrogen (secondary N) is 1. The van der Waals surface area contributed by atoms with Gasteiger partial charge in [0, 0.05) is 18.2 Å². The van der Waals surface area contributed by atoms with E-state index in [0.29, 0.717) is 6.61 Å². The zero-order valence-corrected chi connectivity index (χ0v) is 7.81. The lowest BCUT2D eigenvalue weighted by atomic mass is 10.1. The number of ether oxygens (including phenoxy) is 1. The summed E-state index contributed by atoms with van der Waals surface area (Å²) in [6.45, 7) is 6.66. The molecule has 1 aliphatic rings. The van der Waals surface area contributed by atoms with Crippen LogP contribution in [-0.2, 0) is 9.53 Å². The van der Waals surface area contributed by atoms with Crippen LogP contribution in [0.15, 0.2) is 11.8 Å². The van der Waals surface area contributed by atoms with Crippen LogP contribution in [0.1, 0.15) is 27.2 Å². The molecule has 0 aromatic carbocycles. The van der Waals surface area contributed by atoms with Gasteiger partial charge in [-0.25, -0.2) is 4.79 Å². The second-order valence-corrected chi connectivity index (χ2v) is 3.95.